The van der Waals surface area contributed by atoms with Crippen LogP contribution in [0, 0.1) is 0 Å². The van der Waals surface area contributed by atoms with Crippen LogP contribution in [0.5, 0.6) is 5.75 Å². The molecule has 110 valence electrons. The summed E-state index contributed by atoms with van der Waals surface area (Å²) >= 11 is 3.38. The highest BCUT2D eigenvalue weighted by Crippen LogP contribution is 2.23. The van der Waals surface area contributed by atoms with Crippen molar-refractivity contribution in [2.24, 2.45) is 0 Å². The second kappa shape index (κ2) is 8.76. The number of carbonyl (C=O) groups is 1. The molecule has 1 atom stereocenters. The first kappa shape index (κ1) is 16.7. The quantitative estimate of drug-likeness (QED) is 0.592. The van der Waals surface area contributed by atoms with Crippen molar-refractivity contribution in [2.45, 2.75) is 25.9 Å². The van der Waals surface area contributed by atoms with E-state index in [1.807, 2.05) is 18.2 Å². The Labute approximate surface area is 128 Å². The minimum Gasteiger partial charge on any atom is -0.496 e. The zero-order chi connectivity index (χ0) is 15.0. The van der Waals surface area contributed by atoms with Crippen LogP contribution in [0.1, 0.15) is 25.3 Å². The highest BCUT2D eigenvalue weighted by molar-refractivity contribution is 9.10. The van der Waals surface area contributed by atoms with Gasteiger partial charge in [-0.2, -0.15) is 0 Å². The van der Waals surface area contributed by atoms with Crippen molar-refractivity contribution in [3.8, 4) is 5.75 Å². The van der Waals surface area contributed by atoms with E-state index in [4.69, 9.17) is 9.84 Å². The zero-order valence-electron chi connectivity index (χ0n) is 11.7. The molecule has 0 spiro atoms. The summed E-state index contributed by atoms with van der Waals surface area (Å²) in [5.41, 5.74) is 0.834. The molecule has 0 heterocycles. The van der Waals surface area contributed by atoms with E-state index in [-0.39, 0.29) is 12.0 Å². The van der Waals surface area contributed by atoms with Gasteiger partial charge in [-0.15, -0.1) is 0 Å². The fourth-order valence-corrected chi connectivity index (χ4v) is 2.05. The van der Waals surface area contributed by atoms with E-state index in [0.29, 0.717) is 18.7 Å². The van der Waals surface area contributed by atoms with Gasteiger partial charge < -0.3 is 15.2 Å². The summed E-state index contributed by atoms with van der Waals surface area (Å²) in [7, 11) is 1.59. The predicted molar refractivity (Wildman–Crippen MR) is 83.7 cm³/mol. The number of hydrogen-bond acceptors (Lipinski definition) is 3. The summed E-state index contributed by atoms with van der Waals surface area (Å²) in [6, 6.07) is 5.60. The number of aliphatic hydroxyl groups excluding tert-OH is 1. The molecule has 5 heteroatoms. The molecule has 2 N–H and O–H groups in total. The summed E-state index contributed by atoms with van der Waals surface area (Å²) < 4.78 is 6.15. The predicted octanol–water partition coefficient (Wildman–Crippen LogP) is 2.75. The average Bonchev–Trinajstić information content (AvgIpc) is 2.41. The summed E-state index contributed by atoms with van der Waals surface area (Å²) in [5, 5.41) is 11.9. The zero-order valence-corrected chi connectivity index (χ0v) is 13.3. The molecule has 1 amide bonds. The van der Waals surface area contributed by atoms with Gasteiger partial charge in [0.1, 0.15) is 5.75 Å². The molecule has 1 aromatic rings. The lowest BCUT2D eigenvalue weighted by molar-refractivity contribution is -0.116. The molecule has 20 heavy (non-hydrogen) atoms. The number of nitrogens with one attached hydrogen (secondary N) is 1. The van der Waals surface area contributed by atoms with E-state index in [2.05, 4.69) is 21.2 Å². The lowest BCUT2D eigenvalue weighted by Crippen LogP contribution is -2.22. The number of benzene rings is 1. The number of hydrogen-bond donors (Lipinski definition) is 2. The van der Waals surface area contributed by atoms with Crippen LogP contribution in [0.3, 0.4) is 0 Å². The minimum atomic E-state index is -0.326. The first-order valence-electron chi connectivity index (χ1n) is 6.50. The van der Waals surface area contributed by atoms with Gasteiger partial charge in [-0.3, -0.25) is 4.79 Å². The van der Waals surface area contributed by atoms with Gasteiger partial charge in [-0.1, -0.05) is 15.9 Å². The highest BCUT2D eigenvalue weighted by Gasteiger charge is 2.02. The Bertz CT molecular complexity index is 472. The third-order valence-corrected chi connectivity index (χ3v) is 3.20. The van der Waals surface area contributed by atoms with Crippen molar-refractivity contribution in [2.75, 3.05) is 13.7 Å². The van der Waals surface area contributed by atoms with Gasteiger partial charge in [0.2, 0.25) is 5.91 Å². The largest absolute Gasteiger partial charge is 0.496 e. The molecule has 1 aromatic carbocycles. The molecule has 0 aliphatic carbocycles. The Morgan fingerprint density at radius 1 is 1.55 bits per heavy atom. The van der Waals surface area contributed by atoms with Crippen LogP contribution in [0.15, 0.2) is 28.7 Å². The molecular formula is C15H20BrNO3. The molecule has 0 radical (unpaired) electrons. The standard InChI is InChI=1S/C15H20BrNO3/c1-11(18)4-3-9-17-15(19)8-5-12-10-13(16)6-7-14(12)20-2/h5-8,10-11,18H,3-4,9H2,1-2H3,(H,17,19)/b8-5+. The molecule has 0 saturated carbocycles. The van der Waals surface area contributed by atoms with Crippen LogP contribution in [0.4, 0.5) is 0 Å². The second-order valence-corrected chi connectivity index (χ2v) is 5.42. The Hall–Kier alpha value is -1.33. The van der Waals surface area contributed by atoms with Crippen LogP contribution in [-0.4, -0.2) is 30.8 Å². The molecule has 0 aliphatic heterocycles. The van der Waals surface area contributed by atoms with Gasteiger partial charge in [0.25, 0.3) is 0 Å². The number of carbonyl (C=O) groups excluding carboxylic acids is 1. The van der Waals surface area contributed by atoms with Crippen molar-refractivity contribution in [1.82, 2.24) is 5.32 Å². The molecule has 1 unspecified atom stereocenters. The highest BCUT2D eigenvalue weighted by atomic mass is 79.9. The second-order valence-electron chi connectivity index (χ2n) is 4.50. The third-order valence-electron chi connectivity index (χ3n) is 2.70. The minimum absolute atomic E-state index is 0.155. The first-order chi connectivity index (χ1) is 9.52. The number of amides is 1. The molecule has 0 aliphatic rings. The maximum absolute atomic E-state index is 11.6. The Morgan fingerprint density at radius 2 is 2.30 bits per heavy atom. The van der Waals surface area contributed by atoms with Crippen molar-refractivity contribution >= 4 is 27.9 Å². The van der Waals surface area contributed by atoms with Gasteiger partial charge >= 0.3 is 0 Å². The normalized spacial score (nSPS) is 12.4. The number of aliphatic hydroxyl groups is 1. The van der Waals surface area contributed by atoms with E-state index in [0.717, 1.165) is 16.5 Å². The molecule has 0 bridgehead atoms. The van der Waals surface area contributed by atoms with Gasteiger partial charge in [-0.25, -0.2) is 0 Å². The van der Waals surface area contributed by atoms with Crippen LogP contribution in [0.2, 0.25) is 0 Å². The topological polar surface area (TPSA) is 58.6 Å². The Balaban J connectivity index is 2.50. The number of methoxy groups -OCH3 is 1. The molecule has 0 aromatic heterocycles. The summed E-state index contributed by atoms with van der Waals surface area (Å²) in [6.07, 6.45) is 4.31. The monoisotopic (exact) mass is 341 g/mol. The summed E-state index contributed by atoms with van der Waals surface area (Å²) in [6.45, 7) is 2.30. The van der Waals surface area contributed by atoms with E-state index in [1.165, 1.54) is 6.08 Å². The van der Waals surface area contributed by atoms with Crippen molar-refractivity contribution < 1.29 is 14.6 Å². The van der Waals surface area contributed by atoms with Gasteiger partial charge in [0, 0.05) is 22.7 Å². The maximum atomic E-state index is 11.6. The molecule has 4 nitrogen and oxygen atoms in total. The molecule has 0 saturated heterocycles. The fraction of sp³-hybridized carbons (Fsp3) is 0.400. The summed E-state index contributed by atoms with van der Waals surface area (Å²) in [4.78, 5) is 11.6. The van der Waals surface area contributed by atoms with E-state index in [9.17, 15) is 4.79 Å². The van der Waals surface area contributed by atoms with Crippen LogP contribution >= 0.6 is 15.9 Å². The van der Waals surface area contributed by atoms with E-state index >= 15 is 0 Å². The van der Waals surface area contributed by atoms with E-state index < -0.39 is 0 Å². The smallest absolute Gasteiger partial charge is 0.244 e. The Morgan fingerprint density at radius 3 is 2.95 bits per heavy atom. The molecule has 1 rings (SSSR count). The van der Waals surface area contributed by atoms with Crippen LogP contribution in [-0.2, 0) is 4.79 Å². The SMILES string of the molecule is COc1ccc(Br)cc1/C=C/C(=O)NCCCC(C)O. The lowest BCUT2D eigenvalue weighted by Gasteiger charge is -2.06. The van der Waals surface area contributed by atoms with E-state index in [1.54, 1.807) is 20.1 Å². The molecule has 0 fully saturated rings. The van der Waals surface area contributed by atoms with Gasteiger partial charge in [0.15, 0.2) is 0 Å². The van der Waals surface area contributed by atoms with Crippen molar-refractivity contribution in [3.05, 3.63) is 34.3 Å². The van der Waals surface area contributed by atoms with Gasteiger partial charge in [0.05, 0.1) is 13.2 Å². The number of rotatable bonds is 7. The van der Waals surface area contributed by atoms with Crippen LogP contribution < -0.4 is 10.1 Å². The van der Waals surface area contributed by atoms with Gasteiger partial charge in [-0.05, 0) is 44.0 Å². The summed E-state index contributed by atoms with van der Waals surface area (Å²) in [5.74, 6) is 0.559. The Kier molecular flexibility index (Phi) is 7.33. The number of ether oxygens (including phenoxy) is 1. The van der Waals surface area contributed by atoms with Crippen molar-refractivity contribution in [3.63, 3.8) is 0 Å². The lowest BCUT2D eigenvalue weighted by atomic mass is 10.2. The van der Waals surface area contributed by atoms with Crippen LogP contribution in [0.25, 0.3) is 6.08 Å². The fourth-order valence-electron chi connectivity index (χ4n) is 1.67. The average molecular weight is 342 g/mol. The first-order valence-corrected chi connectivity index (χ1v) is 7.29. The maximum Gasteiger partial charge on any atom is 0.244 e. The number of halogens is 1. The third kappa shape index (κ3) is 6.21. The molecular weight excluding hydrogens is 322 g/mol. The van der Waals surface area contributed by atoms with Crippen molar-refractivity contribution in [1.29, 1.82) is 0 Å².